The molecular formula is C23H23F3N4O. The van der Waals surface area contributed by atoms with E-state index in [1.165, 1.54) is 11.0 Å². The maximum absolute atomic E-state index is 14.6. The van der Waals surface area contributed by atoms with Crippen LogP contribution in [0.15, 0.2) is 30.3 Å². The second kappa shape index (κ2) is 7.37. The molecule has 3 aromatic rings. The Kier molecular flexibility index (Phi) is 4.77. The number of carbonyl (C=O) groups excluding carboxylic acids is 1. The van der Waals surface area contributed by atoms with Crippen LogP contribution in [0.1, 0.15) is 42.6 Å². The van der Waals surface area contributed by atoms with Crippen molar-refractivity contribution in [3.63, 3.8) is 0 Å². The number of hydrogen-bond acceptors (Lipinski definition) is 3. The van der Waals surface area contributed by atoms with E-state index in [4.69, 9.17) is 10.7 Å². The molecule has 0 atom stereocenters. The van der Waals surface area contributed by atoms with E-state index in [-0.39, 0.29) is 18.1 Å². The van der Waals surface area contributed by atoms with Crippen LogP contribution in [0, 0.1) is 11.6 Å². The molecule has 0 bridgehead atoms. The minimum atomic E-state index is -0.870. The van der Waals surface area contributed by atoms with Crippen LogP contribution in [-0.4, -0.2) is 22.1 Å². The third kappa shape index (κ3) is 3.12. The van der Waals surface area contributed by atoms with Crippen LogP contribution in [0.25, 0.3) is 11.0 Å². The van der Waals surface area contributed by atoms with Gasteiger partial charge < -0.3 is 15.2 Å². The lowest BCUT2D eigenvalue weighted by Crippen LogP contribution is -2.32. The normalized spacial score (nSPS) is 16.5. The lowest BCUT2D eigenvalue weighted by molar-refractivity contribution is -0.120. The number of carbonyl (C=O) groups is 1. The number of alkyl halides is 1. The minimum absolute atomic E-state index is 0.0960. The fourth-order valence-electron chi connectivity index (χ4n) is 4.70. The van der Waals surface area contributed by atoms with E-state index in [1.54, 1.807) is 0 Å². The van der Waals surface area contributed by atoms with Gasteiger partial charge in [0.05, 0.1) is 35.4 Å². The summed E-state index contributed by atoms with van der Waals surface area (Å²) in [6.45, 7) is 0.603. The number of hydrogen-bond donors (Lipinski definition) is 1. The summed E-state index contributed by atoms with van der Waals surface area (Å²) < 4.78 is 43.3. The quantitative estimate of drug-likeness (QED) is 0.577. The Bertz CT molecular complexity index is 1190. The highest BCUT2D eigenvalue weighted by molar-refractivity contribution is 6.10. The number of fused-ring (bicyclic) bond motifs is 3. The van der Waals surface area contributed by atoms with Crippen molar-refractivity contribution in [2.45, 2.75) is 50.7 Å². The predicted octanol–water partition coefficient (Wildman–Crippen LogP) is 4.10. The second-order valence-corrected chi connectivity index (χ2v) is 8.36. The van der Waals surface area contributed by atoms with E-state index >= 15 is 0 Å². The summed E-state index contributed by atoms with van der Waals surface area (Å²) in [4.78, 5) is 19.4. The number of rotatable bonds is 7. The molecule has 1 aromatic heterocycles. The average Bonchev–Trinajstić information content (AvgIpc) is 3.42. The SMILES string of the molecule is NCc1ccc2c(c1)nc(CN1C(=O)C3(CC3)c3c(F)cc(F)cc31)n2CCCCF. The van der Waals surface area contributed by atoms with E-state index in [2.05, 4.69) is 0 Å². The topological polar surface area (TPSA) is 64.2 Å². The van der Waals surface area contributed by atoms with Crippen molar-refractivity contribution in [1.82, 2.24) is 9.55 Å². The number of anilines is 1. The lowest BCUT2D eigenvalue weighted by Gasteiger charge is -2.19. The highest BCUT2D eigenvalue weighted by Gasteiger charge is 2.60. The fraction of sp³-hybridized carbons (Fsp3) is 0.391. The van der Waals surface area contributed by atoms with Crippen molar-refractivity contribution in [3.05, 3.63) is 58.9 Å². The number of unbranched alkanes of at least 4 members (excludes halogenated alkanes) is 1. The van der Waals surface area contributed by atoms with Crippen molar-refractivity contribution in [1.29, 1.82) is 0 Å². The van der Waals surface area contributed by atoms with Crippen LogP contribution in [0.3, 0.4) is 0 Å². The Hall–Kier alpha value is -2.87. The zero-order valence-corrected chi connectivity index (χ0v) is 17.0. The summed E-state index contributed by atoms with van der Waals surface area (Å²) in [6, 6.07) is 7.80. The molecule has 5 rings (SSSR count). The van der Waals surface area contributed by atoms with Crippen molar-refractivity contribution < 1.29 is 18.0 Å². The molecule has 2 heterocycles. The summed E-state index contributed by atoms with van der Waals surface area (Å²) in [6.07, 6.45) is 2.16. The van der Waals surface area contributed by atoms with Crippen molar-refractivity contribution in [2.75, 3.05) is 11.6 Å². The van der Waals surface area contributed by atoms with Gasteiger partial charge in [-0.15, -0.1) is 0 Å². The third-order valence-electron chi connectivity index (χ3n) is 6.40. The van der Waals surface area contributed by atoms with E-state index in [0.717, 1.165) is 22.7 Å². The number of imidazole rings is 1. The maximum Gasteiger partial charge on any atom is 0.238 e. The molecule has 0 radical (unpaired) electrons. The highest BCUT2D eigenvalue weighted by atomic mass is 19.1. The first kappa shape index (κ1) is 20.1. The first-order chi connectivity index (χ1) is 15.0. The van der Waals surface area contributed by atoms with Gasteiger partial charge in [0.1, 0.15) is 17.5 Å². The van der Waals surface area contributed by atoms with Gasteiger partial charge in [-0.05, 0) is 49.4 Å². The highest BCUT2D eigenvalue weighted by Crippen LogP contribution is 2.58. The predicted molar refractivity (Wildman–Crippen MR) is 111 cm³/mol. The Morgan fingerprint density at radius 1 is 1.13 bits per heavy atom. The maximum atomic E-state index is 14.6. The average molecular weight is 428 g/mol. The molecule has 0 saturated heterocycles. The summed E-state index contributed by atoms with van der Waals surface area (Å²) in [5.74, 6) is -0.995. The zero-order chi connectivity index (χ0) is 21.8. The molecule has 31 heavy (non-hydrogen) atoms. The largest absolute Gasteiger partial charge is 0.326 e. The van der Waals surface area contributed by atoms with Crippen LogP contribution < -0.4 is 10.6 Å². The molecule has 1 fully saturated rings. The van der Waals surface area contributed by atoms with Crippen LogP contribution in [0.5, 0.6) is 0 Å². The molecule has 0 unspecified atom stereocenters. The fourth-order valence-corrected chi connectivity index (χ4v) is 4.70. The Morgan fingerprint density at radius 2 is 1.94 bits per heavy atom. The van der Waals surface area contributed by atoms with E-state index in [1.807, 2.05) is 22.8 Å². The summed E-state index contributed by atoms with van der Waals surface area (Å²) in [7, 11) is 0. The number of aryl methyl sites for hydroxylation is 1. The van der Waals surface area contributed by atoms with Gasteiger partial charge in [-0.25, -0.2) is 13.8 Å². The van der Waals surface area contributed by atoms with Gasteiger partial charge in [0, 0.05) is 24.7 Å². The van der Waals surface area contributed by atoms with Crippen LogP contribution >= 0.6 is 0 Å². The Balaban J connectivity index is 1.57. The number of nitrogens with zero attached hydrogens (tertiary/aromatic N) is 3. The Labute approximate surface area is 177 Å². The Morgan fingerprint density at radius 3 is 2.65 bits per heavy atom. The minimum Gasteiger partial charge on any atom is -0.326 e. The van der Waals surface area contributed by atoms with Crippen LogP contribution in [0.2, 0.25) is 0 Å². The van der Waals surface area contributed by atoms with E-state index in [0.29, 0.717) is 50.2 Å². The van der Waals surface area contributed by atoms with Gasteiger partial charge in [0.15, 0.2) is 0 Å². The first-order valence-electron chi connectivity index (χ1n) is 10.5. The molecular weight excluding hydrogens is 405 g/mol. The van der Waals surface area contributed by atoms with Gasteiger partial charge in [-0.1, -0.05) is 6.07 Å². The summed E-state index contributed by atoms with van der Waals surface area (Å²) >= 11 is 0. The van der Waals surface area contributed by atoms with Crippen LogP contribution in [-0.2, 0) is 29.8 Å². The molecule has 1 aliphatic carbocycles. The van der Waals surface area contributed by atoms with Gasteiger partial charge in [0.2, 0.25) is 5.91 Å². The van der Waals surface area contributed by atoms with Crippen molar-refractivity contribution in [2.24, 2.45) is 5.73 Å². The van der Waals surface area contributed by atoms with E-state index < -0.39 is 23.7 Å². The summed E-state index contributed by atoms with van der Waals surface area (Å²) in [5, 5.41) is 0. The van der Waals surface area contributed by atoms with Crippen molar-refractivity contribution >= 4 is 22.6 Å². The van der Waals surface area contributed by atoms with Crippen molar-refractivity contribution in [3.8, 4) is 0 Å². The number of benzene rings is 2. The van der Waals surface area contributed by atoms with Crippen LogP contribution in [0.4, 0.5) is 18.9 Å². The third-order valence-corrected chi connectivity index (χ3v) is 6.40. The number of halogens is 3. The molecule has 5 nitrogen and oxygen atoms in total. The number of amides is 1. The molecule has 1 spiro atoms. The summed E-state index contributed by atoms with van der Waals surface area (Å²) in [5.41, 5.74) is 7.99. The van der Waals surface area contributed by atoms with Gasteiger partial charge in [-0.3, -0.25) is 9.18 Å². The van der Waals surface area contributed by atoms with Gasteiger partial charge >= 0.3 is 0 Å². The molecule has 8 heteroatoms. The van der Waals surface area contributed by atoms with E-state index in [9.17, 15) is 18.0 Å². The second-order valence-electron chi connectivity index (χ2n) is 8.36. The molecule has 2 aliphatic rings. The molecule has 2 aromatic carbocycles. The first-order valence-corrected chi connectivity index (χ1v) is 10.5. The van der Waals surface area contributed by atoms with Gasteiger partial charge in [0.25, 0.3) is 0 Å². The monoisotopic (exact) mass is 428 g/mol. The molecule has 2 N–H and O–H groups in total. The standard InChI is InChI=1S/C23H23F3N4O/c24-7-1-2-8-29-18-4-3-14(12-27)9-17(18)28-20(29)13-30-19-11-15(25)10-16(26)21(19)23(5-6-23)22(30)31/h3-4,9-11H,1-2,5-8,12-13,27H2. The molecule has 162 valence electrons. The smallest absolute Gasteiger partial charge is 0.238 e. The molecule has 1 aliphatic heterocycles. The number of nitrogens with two attached hydrogens (primary N) is 1. The number of aromatic nitrogens is 2. The van der Waals surface area contributed by atoms with Gasteiger partial charge in [-0.2, -0.15) is 0 Å². The lowest BCUT2D eigenvalue weighted by atomic mass is 9.97. The zero-order valence-electron chi connectivity index (χ0n) is 17.0. The molecule has 1 amide bonds. The molecule has 1 saturated carbocycles.